The predicted molar refractivity (Wildman–Crippen MR) is 147 cm³/mol. The van der Waals surface area contributed by atoms with E-state index in [1.54, 1.807) is 42.5 Å². The Bertz CT molecular complexity index is 1500. The monoisotopic (exact) mass is 516 g/mol. The molecule has 1 atom stereocenters. The minimum absolute atomic E-state index is 0.0877. The highest BCUT2D eigenvalue weighted by Gasteiger charge is 2.44. The van der Waals surface area contributed by atoms with Crippen LogP contribution in [0.3, 0.4) is 0 Å². The summed E-state index contributed by atoms with van der Waals surface area (Å²) in [5, 5.41) is 5.38. The number of nitrogens with one attached hydrogen (secondary N) is 2. The van der Waals surface area contributed by atoms with Gasteiger partial charge in [-0.3, -0.25) is 13.6 Å². The van der Waals surface area contributed by atoms with Crippen molar-refractivity contribution in [2.75, 3.05) is 17.6 Å². The average Bonchev–Trinajstić information content (AvgIpc) is 3.38. The first kappa shape index (κ1) is 25.7. The Morgan fingerprint density at radius 2 is 1.81 bits per heavy atom. The first-order valence-electron chi connectivity index (χ1n) is 11.7. The summed E-state index contributed by atoms with van der Waals surface area (Å²) in [5.74, 6) is -0.719. The van der Waals surface area contributed by atoms with Crippen molar-refractivity contribution in [1.29, 1.82) is 0 Å². The summed E-state index contributed by atoms with van der Waals surface area (Å²) in [6.45, 7) is 1.27. The zero-order valence-electron chi connectivity index (χ0n) is 20.3. The molecule has 1 unspecified atom stereocenters. The van der Waals surface area contributed by atoms with E-state index in [-0.39, 0.29) is 18.9 Å². The molecule has 2 aromatic carbocycles. The van der Waals surface area contributed by atoms with E-state index in [4.69, 9.17) is 5.73 Å². The summed E-state index contributed by atoms with van der Waals surface area (Å²) in [4.78, 5) is 24.1. The number of allylic oxidation sites excluding steroid dienone is 3. The second kappa shape index (κ2) is 10.7. The molecule has 1 aliphatic rings. The number of carbonyl (C=O) groups is 2. The van der Waals surface area contributed by atoms with E-state index in [9.17, 15) is 18.0 Å². The van der Waals surface area contributed by atoms with Crippen molar-refractivity contribution >= 4 is 44.9 Å². The number of aromatic nitrogens is 1. The smallest absolute Gasteiger partial charge is 0.249 e. The van der Waals surface area contributed by atoms with Crippen LogP contribution in [-0.2, 0) is 19.6 Å². The SMILES string of the molecule is CC(=O)NCC1(S(=O)(=O)n2ccc(C=CC(=O)Nc3ccccc3N)c2)C=CC=C(c2ccccc2)C1. The van der Waals surface area contributed by atoms with Crippen molar-refractivity contribution in [1.82, 2.24) is 9.29 Å². The highest BCUT2D eigenvalue weighted by Crippen LogP contribution is 2.36. The van der Waals surface area contributed by atoms with Gasteiger partial charge < -0.3 is 16.4 Å². The molecule has 1 aromatic heterocycles. The van der Waals surface area contributed by atoms with Gasteiger partial charge in [0, 0.05) is 31.9 Å². The first-order valence-corrected chi connectivity index (χ1v) is 13.1. The van der Waals surface area contributed by atoms with Crippen molar-refractivity contribution in [3.8, 4) is 0 Å². The molecule has 0 saturated carbocycles. The van der Waals surface area contributed by atoms with Gasteiger partial charge in [0.15, 0.2) is 0 Å². The first-order chi connectivity index (χ1) is 17.7. The van der Waals surface area contributed by atoms with Crippen molar-refractivity contribution in [3.05, 3.63) is 108 Å². The van der Waals surface area contributed by atoms with Crippen molar-refractivity contribution in [3.63, 3.8) is 0 Å². The second-order valence-corrected chi connectivity index (χ2v) is 10.9. The molecular formula is C28H28N4O4S. The van der Waals surface area contributed by atoms with Crippen LogP contribution in [0.1, 0.15) is 24.5 Å². The third-order valence-electron chi connectivity index (χ3n) is 6.10. The van der Waals surface area contributed by atoms with Gasteiger partial charge in [-0.1, -0.05) is 60.7 Å². The number of nitrogens with zero attached hydrogens (tertiary/aromatic N) is 1. The van der Waals surface area contributed by atoms with Crippen LogP contribution in [0.4, 0.5) is 11.4 Å². The summed E-state index contributed by atoms with van der Waals surface area (Å²) < 4.78 is 27.6. The van der Waals surface area contributed by atoms with E-state index < -0.39 is 20.7 Å². The lowest BCUT2D eigenvalue weighted by molar-refractivity contribution is -0.119. The summed E-state index contributed by atoms with van der Waals surface area (Å²) in [7, 11) is -4.01. The Labute approximate surface area is 216 Å². The lowest BCUT2D eigenvalue weighted by Crippen LogP contribution is -2.50. The van der Waals surface area contributed by atoms with Crippen molar-refractivity contribution in [2.24, 2.45) is 0 Å². The molecule has 1 heterocycles. The molecule has 3 aromatic rings. The number of benzene rings is 2. The number of nitrogen functional groups attached to an aromatic ring is 1. The minimum atomic E-state index is -4.01. The van der Waals surface area contributed by atoms with Gasteiger partial charge in [0.05, 0.1) is 11.4 Å². The zero-order chi connectivity index (χ0) is 26.5. The lowest BCUT2D eigenvalue weighted by Gasteiger charge is -2.33. The van der Waals surface area contributed by atoms with Gasteiger partial charge in [0.1, 0.15) is 4.75 Å². The maximum Gasteiger partial charge on any atom is 0.249 e. The van der Waals surface area contributed by atoms with Crippen LogP contribution in [0.2, 0.25) is 0 Å². The van der Waals surface area contributed by atoms with Crippen LogP contribution in [0.5, 0.6) is 0 Å². The Balaban J connectivity index is 1.58. The van der Waals surface area contributed by atoms with Crippen LogP contribution in [0, 0.1) is 0 Å². The molecule has 4 N–H and O–H groups in total. The summed E-state index contributed by atoms with van der Waals surface area (Å²) >= 11 is 0. The highest BCUT2D eigenvalue weighted by atomic mass is 32.2. The molecule has 0 fully saturated rings. The van der Waals surface area contributed by atoms with Gasteiger partial charge >= 0.3 is 0 Å². The third-order valence-corrected chi connectivity index (χ3v) is 8.33. The van der Waals surface area contributed by atoms with Gasteiger partial charge in [-0.05, 0) is 47.4 Å². The fraction of sp³-hybridized carbons (Fsp3) is 0.143. The molecule has 0 radical (unpaired) electrons. The van der Waals surface area contributed by atoms with Crippen LogP contribution < -0.4 is 16.4 Å². The number of nitrogens with two attached hydrogens (primary N) is 1. The Kier molecular flexibility index (Phi) is 7.45. The molecule has 9 heteroatoms. The van der Waals surface area contributed by atoms with Crippen LogP contribution in [0.25, 0.3) is 11.6 Å². The number of carbonyl (C=O) groups excluding carboxylic acids is 2. The Hall–Kier alpha value is -4.37. The zero-order valence-corrected chi connectivity index (χ0v) is 21.1. The number of amides is 2. The van der Waals surface area contributed by atoms with Gasteiger partial charge in [-0.15, -0.1) is 0 Å². The molecule has 0 spiro atoms. The van der Waals surface area contributed by atoms with Crippen LogP contribution in [-0.4, -0.2) is 35.5 Å². The standard InChI is InChI=1S/C28H28N4O4S/c1-21(33)30-20-28(16-7-10-24(18-28)23-8-3-2-4-9-23)37(35,36)32-17-15-22(19-32)13-14-27(34)31-26-12-6-5-11-25(26)29/h2-17,19H,18,20,29H2,1H3,(H,30,33)(H,31,34). The number of para-hydroxylation sites is 2. The van der Waals surface area contributed by atoms with E-state index in [0.717, 1.165) is 15.1 Å². The maximum atomic E-state index is 13.9. The number of hydrogen-bond donors (Lipinski definition) is 3. The predicted octanol–water partition coefficient (Wildman–Crippen LogP) is 3.82. The Morgan fingerprint density at radius 1 is 1.08 bits per heavy atom. The normalized spacial score (nSPS) is 17.4. The Morgan fingerprint density at radius 3 is 2.54 bits per heavy atom. The molecular weight excluding hydrogens is 488 g/mol. The van der Waals surface area contributed by atoms with E-state index >= 15 is 0 Å². The molecule has 4 rings (SSSR count). The van der Waals surface area contributed by atoms with E-state index in [1.165, 1.54) is 31.5 Å². The molecule has 0 aliphatic heterocycles. The molecule has 2 amide bonds. The topological polar surface area (TPSA) is 123 Å². The summed E-state index contributed by atoms with van der Waals surface area (Å²) in [6, 6.07) is 18.0. The number of anilines is 2. The molecule has 1 aliphatic carbocycles. The maximum absolute atomic E-state index is 13.9. The largest absolute Gasteiger partial charge is 0.397 e. The minimum Gasteiger partial charge on any atom is -0.397 e. The highest BCUT2D eigenvalue weighted by molar-refractivity contribution is 7.91. The molecule has 8 nitrogen and oxygen atoms in total. The van der Waals surface area contributed by atoms with Crippen LogP contribution >= 0.6 is 0 Å². The molecule has 37 heavy (non-hydrogen) atoms. The quantitative estimate of drug-likeness (QED) is 0.310. The van der Waals surface area contributed by atoms with E-state index in [2.05, 4.69) is 10.6 Å². The summed E-state index contributed by atoms with van der Waals surface area (Å²) in [5.41, 5.74) is 9.07. The fourth-order valence-corrected chi connectivity index (χ4v) is 5.85. The number of rotatable bonds is 8. The van der Waals surface area contributed by atoms with E-state index in [0.29, 0.717) is 16.9 Å². The third kappa shape index (κ3) is 5.73. The molecule has 0 bridgehead atoms. The van der Waals surface area contributed by atoms with Crippen LogP contribution in [0.15, 0.2) is 97.4 Å². The second-order valence-electron chi connectivity index (χ2n) is 8.76. The lowest BCUT2D eigenvalue weighted by atomic mass is 9.89. The summed E-state index contributed by atoms with van der Waals surface area (Å²) in [6.07, 6.45) is 11.1. The molecule has 0 saturated heterocycles. The average molecular weight is 517 g/mol. The van der Waals surface area contributed by atoms with Crippen molar-refractivity contribution in [2.45, 2.75) is 18.1 Å². The van der Waals surface area contributed by atoms with Gasteiger partial charge in [0.25, 0.3) is 0 Å². The van der Waals surface area contributed by atoms with E-state index in [1.807, 2.05) is 36.4 Å². The van der Waals surface area contributed by atoms with Crippen molar-refractivity contribution < 1.29 is 18.0 Å². The van der Waals surface area contributed by atoms with Gasteiger partial charge in [-0.2, -0.15) is 0 Å². The fourth-order valence-electron chi connectivity index (χ4n) is 4.10. The molecule has 190 valence electrons. The van der Waals surface area contributed by atoms with Gasteiger partial charge in [0.2, 0.25) is 21.8 Å². The number of hydrogen-bond acceptors (Lipinski definition) is 5. The van der Waals surface area contributed by atoms with Gasteiger partial charge in [-0.25, -0.2) is 8.42 Å².